The van der Waals surface area contributed by atoms with Crippen LogP contribution in [0.25, 0.3) is 10.9 Å². The summed E-state index contributed by atoms with van der Waals surface area (Å²) in [7, 11) is -4.24. The van der Waals surface area contributed by atoms with Crippen molar-refractivity contribution in [3.63, 3.8) is 0 Å². The molecule has 0 spiro atoms. The zero-order valence-electron chi connectivity index (χ0n) is 17.2. The van der Waals surface area contributed by atoms with Gasteiger partial charge in [-0.2, -0.15) is 31.1 Å². The first-order valence-electron chi connectivity index (χ1n) is 9.77. The molecule has 1 atom stereocenters. The van der Waals surface area contributed by atoms with Crippen LogP contribution < -0.4 is 4.72 Å². The molecule has 0 amide bonds. The smallest absolute Gasteiger partial charge is 0.347 e. The van der Waals surface area contributed by atoms with E-state index in [1.165, 1.54) is 4.57 Å². The van der Waals surface area contributed by atoms with Gasteiger partial charge in [-0.05, 0) is 30.4 Å². The monoisotopic (exact) mass is 470 g/mol. The quantitative estimate of drug-likeness (QED) is 0.563. The molecule has 1 N–H and O–H groups in total. The topological polar surface area (TPSA) is 51.1 Å². The lowest BCUT2D eigenvalue weighted by Crippen LogP contribution is -2.44. The standard InChI is InChI=1S/C20H24F6N2O2S/c1-18(2,3)11-28-10-15(14-8-7-12(9-16(14)28)19(21,22)23)17(20(24,25)26)27-31(29,30)13-5-4-6-13/h7-10,13,17,27H,4-6,11H2,1-3H3/t17-/m0/s1. The largest absolute Gasteiger partial charge is 0.416 e. The molecule has 1 saturated carbocycles. The molecule has 0 radical (unpaired) electrons. The SMILES string of the molecule is CC(C)(C)Cn1cc([C@H](NS(=O)(=O)C2CCC2)C(F)(F)F)c2ccc(C(F)(F)F)cc21. The maximum atomic E-state index is 13.9. The molecule has 1 fully saturated rings. The predicted octanol–water partition coefficient (Wildman–Crippen LogP) is 5.78. The van der Waals surface area contributed by atoms with Crippen LogP contribution in [0.3, 0.4) is 0 Å². The zero-order valence-corrected chi connectivity index (χ0v) is 18.0. The lowest BCUT2D eigenvalue weighted by molar-refractivity contribution is -0.152. The normalized spacial score (nSPS) is 17.7. The lowest BCUT2D eigenvalue weighted by atomic mass is 9.97. The summed E-state index contributed by atoms with van der Waals surface area (Å²) in [6.45, 7) is 5.54. The van der Waals surface area contributed by atoms with Gasteiger partial charge in [0, 0.05) is 29.2 Å². The third-order valence-corrected chi connectivity index (χ3v) is 7.21. The van der Waals surface area contributed by atoms with E-state index in [-0.39, 0.29) is 30.3 Å². The van der Waals surface area contributed by atoms with Crippen molar-refractivity contribution in [1.29, 1.82) is 0 Å². The van der Waals surface area contributed by atoms with Crippen molar-refractivity contribution >= 4 is 20.9 Å². The third-order valence-electron chi connectivity index (χ3n) is 5.30. The van der Waals surface area contributed by atoms with Crippen LogP contribution in [-0.2, 0) is 22.7 Å². The maximum absolute atomic E-state index is 13.9. The molecule has 0 bridgehead atoms. The Morgan fingerprint density at radius 1 is 1.10 bits per heavy atom. The van der Waals surface area contributed by atoms with Crippen molar-refractivity contribution in [2.45, 2.75) is 70.2 Å². The Labute approximate surface area is 176 Å². The second-order valence-electron chi connectivity index (χ2n) is 9.19. The summed E-state index contributed by atoms with van der Waals surface area (Å²) in [4.78, 5) is 0. The molecule has 0 unspecified atom stereocenters. The summed E-state index contributed by atoms with van der Waals surface area (Å²) in [5, 5.41) is -0.965. The van der Waals surface area contributed by atoms with Gasteiger partial charge in [0.2, 0.25) is 10.0 Å². The molecule has 1 aliphatic rings. The van der Waals surface area contributed by atoms with Crippen molar-refractivity contribution < 1.29 is 34.8 Å². The number of sulfonamides is 1. The highest BCUT2D eigenvalue weighted by molar-refractivity contribution is 7.90. The Balaban J connectivity index is 2.17. The lowest BCUT2D eigenvalue weighted by Gasteiger charge is -2.29. The number of fused-ring (bicyclic) bond motifs is 1. The van der Waals surface area contributed by atoms with E-state index in [0.717, 1.165) is 18.3 Å². The molecule has 11 heteroatoms. The van der Waals surface area contributed by atoms with Crippen molar-refractivity contribution in [2.24, 2.45) is 5.41 Å². The van der Waals surface area contributed by atoms with E-state index in [4.69, 9.17) is 0 Å². The predicted molar refractivity (Wildman–Crippen MR) is 105 cm³/mol. The van der Waals surface area contributed by atoms with Crippen LogP contribution in [0.4, 0.5) is 26.3 Å². The van der Waals surface area contributed by atoms with Gasteiger partial charge in [-0.15, -0.1) is 0 Å². The van der Waals surface area contributed by atoms with E-state index < -0.39 is 50.2 Å². The van der Waals surface area contributed by atoms with Gasteiger partial charge in [0.1, 0.15) is 6.04 Å². The highest BCUT2D eigenvalue weighted by atomic mass is 32.2. The second-order valence-corrected chi connectivity index (χ2v) is 11.2. The second kappa shape index (κ2) is 7.68. The molecular formula is C20H24F6N2O2S. The fraction of sp³-hybridized carbons (Fsp3) is 0.600. The van der Waals surface area contributed by atoms with E-state index in [1.807, 2.05) is 0 Å². The van der Waals surface area contributed by atoms with Gasteiger partial charge in [0.25, 0.3) is 0 Å². The van der Waals surface area contributed by atoms with E-state index in [0.29, 0.717) is 12.5 Å². The summed E-state index contributed by atoms with van der Waals surface area (Å²) >= 11 is 0. The van der Waals surface area contributed by atoms with Crippen molar-refractivity contribution in [3.8, 4) is 0 Å². The van der Waals surface area contributed by atoms with E-state index in [1.54, 1.807) is 25.5 Å². The van der Waals surface area contributed by atoms with Gasteiger partial charge in [0.05, 0.1) is 10.8 Å². The van der Waals surface area contributed by atoms with E-state index in [9.17, 15) is 34.8 Å². The average Bonchev–Trinajstić information content (AvgIpc) is 2.84. The van der Waals surface area contributed by atoms with Crippen LogP contribution in [0.2, 0.25) is 0 Å². The first-order valence-corrected chi connectivity index (χ1v) is 11.3. The Morgan fingerprint density at radius 2 is 1.71 bits per heavy atom. The number of halogens is 6. The van der Waals surface area contributed by atoms with Crippen molar-refractivity contribution in [2.75, 3.05) is 0 Å². The molecule has 1 aromatic heterocycles. The van der Waals surface area contributed by atoms with E-state index >= 15 is 0 Å². The number of rotatable bonds is 5. The molecule has 0 aliphatic heterocycles. The molecule has 4 nitrogen and oxygen atoms in total. The van der Waals surface area contributed by atoms with Gasteiger partial charge in [-0.1, -0.05) is 33.3 Å². The first kappa shape index (κ1) is 23.9. The number of nitrogens with zero attached hydrogens (tertiary/aromatic N) is 1. The molecule has 1 aromatic carbocycles. The van der Waals surface area contributed by atoms with E-state index in [2.05, 4.69) is 0 Å². The molecule has 1 aliphatic carbocycles. The molecule has 174 valence electrons. The number of hydrogen-bond acceptors (Lipinski definition) is 2. The van der Waals surface area contributed by atoms with Crippen LogP contribution >= 0.6 is 0 Å². The van der Waals surface area contributed by atoms with Gasteiger partial charge < -0.3 is 4.57 Å². The summed E-state index contributed by atoms with van der Waals surface area (Å²) in [5.41, 5.74) is -1.88. The fourth-order valence-corrected chi connectivity index (χ4v) is 5.35. The van der Waals surface area contributed by atoms with Crippen LogP contribution in [0.1, 0.15) is 57.2 Å². The minimum atomic E-state index is -4.97. The minimum absolute atomic E-state index is 0.0307. The fourth-order valence-electron chi connectivity index (χ4n) is 3.62. The number of benzene rings is 1. The van der Waals surface area contributed by atoms with Crippen LogP contribution in [0.15, 0.2) is 24.4 Å². The Bertz CT molecular complexity index is 1060. The average molecular weight is 470 g/mol. The van der Waals surface area contributed by atoms with Crippen LogP contribution in [-0.4, -0.2) is 24.4 Å². The molecule has 0 saturated heterocycles. The Hall–Kier alpha value is -1.75. The molecular weight excluding hydrogens is 446 g/mol. The van der Waals surface area contributed by atoms with Crippen LogP contribution in [0.5, 0.6) is 0 Å². The summed E-state index contributed by atoms with van der Waals surface area (Å²) < 4.78 is 109. The van der Waals surface area contributed by atoms with Crippen molar-refractivity contribution in [1.82, 2.24) is 9.29 Å². The molecule has 3 rings (SSSR count). The number of nitrogens with one attached hydrogen (secondary N) is 1. The highest BCUT2D eigenvalue weighted by Crippen LogP contribution is 2.41. The Kier molecular flexibility index (Phi) is 5.92. The maximum Gasteiger partial charge on any atom is 0.416 e. The van der Waals surface area contributed by atoms with Crippen LogP contribution in [0, 0.1) is 5.41 Å². The molecule has 31 heavy (non-hydrogen) atoms. The number of alkyl halides is 6. The summed E-state index contributed by atoms with van der Waals surface area (Å²) in [6.07, 6.45) is -7.35. The molecule has 2 aromatic rings. The number of hydrogen-bond donors (Lipinski definition) is 1. The van der Waals surface area contributed by atoms with Gasteiger partial charge >= 0.3 is 12.4 Å². The zero-order chi connectivity index (χ0) is 23.4. The van der Waals surface area contributed by atoms with Gasteiger partial charge in [0.15, 0.2) is 0 Å². The van der Waals surface area contributed by atoms with Gasteiger partial charge in [-0.3, -0.25) is 0 Å². The third kappa shape index (κ3) is 5.19. The first-order chi connectivity index (χ1) is 14.0. The summed E-state index contributed by atoms with van der Waals surface area (Å²) in [6, 6.07) is -0.0682. The Morgan fingerprint density at radius 3 is 2.16 bits per heavy atom. The van der Waals surface area contributed by atoms with Gasteiger partial charge in [-0.25, -0.2) is 8.42 Å². The minimum Gasteiger partial charge on any atom is -0.347 e. The van der Waals surface area contributed by atoms with Crippen molar-refractivity contribution in [3.05, 3.63) is 35.5 Å². The number of aromatic nitrogens is 1. The molecule has 1 heterocycles. The summed E-state index contributed by atoms with van der Waals surface area (Å²) in [5.74, 6) is 0. The highest BCUT2D eigenvalue weighted by Gasteiger charge is 2.47.